The number of carbonyl (C=O) groups is 1. The Kier molecular flexibility index (Phi) is 9.60. The van der Waals surface area contributed by atoms with Gasteiger partial charge in [-0.25, -0.2) is 8.78 Å². The van der Waals surface area contributed by atoms with E-state index in [4.69, 9.17) is 4.74 Å². The van der Waals surface area contributed by atoms with E-state index in [2.05, 4.69) is 9.47 Å². The third-order valence-electron chi connectivity index (χ3n) is 3.94. The highest BCUT2D eigenvalue weighted by Crippen LogP contribution is 2.41. The molecule has 1 fully saturated rings. The van der Waals surface area contributed by atoms with Crippen molar-refractivity contribution in [2.45, 2.75) is 37.2 Å². The lowest BCUT2D eigenvalue weighted by Crippen LogP contribution is -2.45. The SMILES string of the molecule is O=C(CC(C(F)(F)F)C(F)(F)F)OC(COCC(F)(F)C(F)F)CN1CCOCC1. The van der Waals surface area contributed by atoms with E-state index in [9.17, 15) is 48.7 Å². The van der Waals surface area contributed by atoms with Gasteiger partial charge in [0, 0.05) is 19.6 Å². The predicted molar refractivity (Wildman–Crippen MR) is 79.1 cm³/mol. The molecule has 1 atom stereocenters. The van der Waals surface area contributed by atoms with E-state index in [0.717, 1.165) is 0 Å². The van der Waals surface area contributed by atoms with Crippen LogP contribution in [0.4, 0.5) is 43.9 Å². The van der Waals surface area contributed by atoms with E-state index in [0.29, 0.717) is 0 Å². The van der Waals surface area contributed by atoms with Crippen molar-refractivity contribution in [2.75, 3.05) is 46.1 Å². The number of hydrogen-bond donors (Lipinski definition) is 0. The van der Waals surface area contributed by atoms with E-state index < -0.39 is 62.3 Å². The first-order chi connectivity index (χ1) is 13.6. The largest absolute Gasteiger partial charge is 0.459 e. The maximum absolute atomic E-state index is 12.9. The number of ether oxygens (including phenoxy) is 3. The quantitative estimate of drug-likeness (QED) is 0.365. The Bertz CT molecular complexity index is 520. The number of carbonyl (C=O) groups excluding carboxylic acids is 1. The zero-order valence-corrected chi connectivity index (χ0v) is 15.2. The Hall–Kier alpha value is -1.35. The van der Waals surface area contributed by atoms with Gasteiger partial charge in [-0.05, 0) is 0 Å². The Balaban J connectivity index is 2.76. The smallest absolute Gasteiger partial charge is 0.401 e. The lowest BCUT2D eigenvalue weighted by atomic mass is 10.0. The highest BCUT2D eigenvalue weighted by molar-refractivity contribution is 5.70. The summed E-state index contributed by atoms with van der Waals surface area (Å²) in [6, 6.07) is 0. The van der Waals surface area contributed by atoms with Crippen LogP contribution in [0.5, 0.6) is 0 Å². The van der Waals surface area contributed by atoms with Crippen LogP contribution in [-0.2, 0) is 19.0 Å². The van der Waals surface area contributed by atoms with E-state index in [1.807, 2.05) is 0 Å². The molecule has 178 valence electrons. The molecule has 0 radical (unpaired) electrons. The molecule has 1 unspecified atom stereocenters. The lowest BCUT2D eigenvalue weighted by Gasteiger charge is -2.31. The van der Waals surface area contributed by atoms with E-state index in [1.54, 1.807) is 0 Å². The number of halogens is 10. The van der Waals surface area contributed by atoms with Gasteiger partial charge in [-0.2, -0.15) is 35.1 Å². The van der Waals surface area contributed by atoms with Crippen molar-refractivity contribution in [1.29, 1.82) is 0 Å². The maximum atomic E-state index is 12.9. The number of morpholine rings is 1. The second-order valence-corrected chi connectivity index (χ2v) is 6.44. The third-order valence-corrected chi connectivity index (χ3v) is 3.94. The summed E-state index contributed by atoms with van der Waals surface area (Å²) in [5.41, 5.74) is 0. The van der Waals surface area contributed by atoms with E-state index in [-0.39, 0.29) is 32.8 Å². The molecule has 0 saturated carbocycles. The monoisotopic (exact) mass is 467 g/mol. The summed E-state index contributed by atoms with van der Waals surface area (Å²) in [6.45, 7) is -2.09. The second kappa shape index (κ2) is 10.8. The Morgan fingerprint density at radius 1 is 0.967 bits per heavy atom. The first-order valence-electron chi connectivity index (χ1n) is 8.49. The molecule has 0 aromatic carbocycles. The lowest BCUT2D eigenvalue weighted by molar-refractivity contribution is -0.286. The normalized spacial score (nSPS) is 18.1. The van der Waals surface area contributed by atoms with Gasteiger partial charge in [0.25, 0.3) is 0 Å². The van der Waals surface area contributed by atoms with Crippen molar-refractivity contribution in [2.24, 2.45) is 5.92 Å². The van der Waals surface area contributed by atoms with Crippen LogP contribution in [0.15, 0.2) is 0 Å². The van der Waals surface area contributed by atoms with Crippen LogP contribution < -0.4 is 0 Å². The topological polar surface area (TPSA) is 48.0 Å². The molecule has 0 spiro atoms. The zero-order chi connectivity index (χ0) is 23.2. The Morgan fingerprint density at radius 2 is 1.50 bits per heavy atom. The Morgan fingerprint density at radius 3 is 1.97 bits per heavy atom. The highest BCUT2D eigenvalue weighted by atomic mass is 19.4. The van der Waals surface area contributed by atoms with Gasteiger partial charge in [0.05, 0.1) is 26.2 Å². The molecule has 1 aliphatic heterocycles. The summed E-state index contributed by atoms with van der Waals surface area (Å²) in [5.74, 6) is -10.4. The molecule has 1 aliphatic rings. The molecule has 30 heavy (non-hydrogen) atoms. The van der Waals surface area contributed by atoms with Gasteiger partial charge in [-0.15, -0.1) is 0 Å². The zero-order valence-electron chi connectivity index (χ0n) is 15.2. The van der Waals surface area contributed by atoms with Gasteiger partial charge < -0.3 is 14.2 Å². The number of hydrogen-bond acceptors (Lipinski definition) is 5. The van der Waals surface area contributed by atoms with Crippen LogP contribution in [-0.4, -0.2) is 87.7 Å². The summed E-state index contributed by atoms with van der Waals surface area (Å²) in [5, 5.41) is 0. The average molecular weight is 467 g/mol. The second-order valence-electron chi connectivity index (χ2n) is 6.44. The van der Waals surface area contributed by atoms with E-state index >= 15 is 0 Å². The highest BCUT2D eigenvalue weighted by Gasteiger charge is 2.57. The Labute approximate surface area is 164 Å². The van der Waals surface area contributed by atoms with Crippen LogP contribution in [0.25, 0.3) is 0 Å². The molecule has 0 aromatic heterocycles. The molecule has 0 aromatic rings. The van der Waals surface area contributed by atoms with Gasteiger partial charge >= 0.3 is 30.7 Å². The minimum Gasteiger partial charge on any atom is -0.459 e. The van der Waals surface area contributed by atoms with Gasteiger partial charge in [-0.1, -0.05) is 0 Å². The van der Waals surface area contributed by atoms with Crippen LogP contribution in [0.3, 0.4) is 0 Å². The summed E-state index contributed by atoms with van der Waals surface area (Å²) < 4.78 is 139. The van der Waals surface area contributed by atoms with Crippen molar-refractivity contribution in [1.82, 2.24) is 4.90 Å². The summed E-state index contributed by atoms with van der Waals surface area (Å²) in [4.78, 5) is 13.2. The number of alkyl halides is 10. The minimum atomic E-state index is -5.77. The van der Waals surface area contributed by atoms with Crippen molar-refractivity contribution in [3.05, 3.63) is 0 Å². The molecule has 5 nitrogen and oxygen atoms in total. The molecular weight excluding hydrogens is 448 g/mol. The molecule has 1 rings (SSSR count). The fraction of sp³-hybridized carbons (Fsp3) is 0.933. The average Bonchev–Trinajstić information content (AvgIpc) is 2.58. The van der Waals surface area contributed by atoms with Gasteiger partial charge in [-0.3, -0.25) is 9.69 Å². The van der Waals surface area contributed by atoms with Crippen LogP contribution in [0, 0.1) is 5.92 Å². The number of nitrogens with zero attached hydrogens (tertiary/aromatic N) is 1. The molecule has 0 amide bonds. The summed E-state index contributed by atoms with van der Waals surface area (Å²) in [6.07, 6.45) is -19.2. The number of rotatable bonds is 10. The first kappa shape index (κ1) is 26.7. The van der Waals surface area contributed by atoms with Crippen molar-refractivity contribution < 1.29 is 62.9 Å². The molecule has 15 heteroatoms. The molecule has 1 heterocycles. The van der Waals surface area contributed by atoms with Crippen molar-refractivity contribution in [3.63, 3.8) is 0 Å². The van der Waals surface area contributed by atoms with E-state index in [1.165, 1.54) is 4.90 Å². The summed E-state index contributed by atoms with van der Waals surface area (Å²) >= 11 is 0. The fourth-order valence-corrected chi connectivity index (χ4v) is 2.40. The predicted octanol–water partition coefficient (Wildman–Crippen LogP) is 3.28. The number of esters is 1. The minimum absolute atomic E-state index is 0.217. The molecule has 0 N–H and O–H groups in total. The summed E-state index contributed by atoms with van der Waals surface area (Å²) in [7, 11) is 0. The molecule has 0 aliphatic carbocycles. The van der Waals surface area contributed by atoms with Gasteiger partial charge in [0.1, 0.15) is 12.7 Å². The third kappa shape index (κ3) is 9.20. The maximum Gasteiger partial charge on any atom is 0.401 e. The van der Waals surface area contributed by atoms with Crippen LogP contribution >= 0.6 is 0 Å². The standard InChI is InChI=1S/C15H19F10NO4/c16-12(17)13(18,19)8-29-7-9(6-26-1-3-28-4-2-26)30-11(27)5-10(14(20,21)22)15(23,24)25/h9-10,12H,1-8H2. The van der Waals surface area contributed by atoms with Crippen LogP contribution in [0.2, 0.25) is 0 Å². The van der Waals surface area contributed by atoms with Gasteiger partial charge in [0.15, 0.2) is 5.92 Å². The molecular formula is C15H19F10NO4. The fourth-order valence-electron chi connectivity index (χ4n) is 2.40. The van der Waals surface area contributed by atoms with Crippen LogP contribution in [0.1, 0.15) is 6.42 Å². The molecule has 0 bridgehead atoms. The first-order valence-corrected chi connectivity index (χ1v) is 8.49. The van der Waals surface area contributed by atoms with Crippen molar-refractivity contribution in [3.8, 4) is 0 Å². The van der Waals surface area contributed by atoms with Gasteiger partial charge in [0.2, 0.25) is 0 Å². The van der Waals surface area contributed by atoms with Crippen molar-refractivity contribution >= 4 is 5.97 Å². The molecule has 1 saturated heterocycles.